The highest BCUT2D eigenvalue weighted by molar-refractivity contribution is 5.92. The molecule has 0 radical (unpaired) electrons. The summed E-state index contributed by atoms with van der Waals surface area (Å²) in [6, 6.07) is 13.4. The van der Waals surface area contributed by atoms with Gasteiger partial charge in [0.25, 0.3) is 0 Å². The molecule has 0 unspecified atom stereocenters. The van der Waals surface area contributed by atoms with Crippen LogP contribution in [-0.2, 0) is 22.4 Å². The number of methoxy groups -OCH3 is 1. The lowest BCUT2D eigenvalue weighted by Gasteiger charge is -2.26. The second-order valence-corrected chi connectivity index (χ2v) is 8.49. The van der Waals surface area contributed by atoms with E-state index in [1.54, 1.807) is 7.11 Å². The molecular formula is C27H38N4O2. The van der Waals surface area contributed by atoms with Gasteiger partial charge in [0.05, 0.1) is 20.3 Å². The number of nitrogens with one attached hydrogen (secondary N) is 3. The Bertz CT molecular complexity index is 976. The van der Waals surface area contributed by atoms with Crippen LogP contribution in [0.5, 0.6) is 0 Å². The molecule has 1 fully saturated rings. The molecule has 178 valence electrons. The van der Waals surface area contributed by atoms with Crippen LogP contribution in [0.3, 0.4) is 0 Å². The number of rotatable bonds is 9. The average Bonchev–Trinajstić information content (AvgIpc) is 2.84. The average molecular weight is 451 g/mol. The second kappa shape index (κ2) is 11.9. The topological polar surface area (TPSA) is 69.6 Å². The first-order chi connectivity index (χ1) is 16.0. The Kier molecular flexibility index (Phi) is 8.92. The predicted octanol–water partition coefficient (Wildman–Crippen LogP) is 4.59. The Morgan fingerprint density at radius 2 is 1.82 bits per heavy atom. The van der Waals surface area contributed by atoms with E-state index < -0.39 is 0 Å². The van der Waals surface area contributed by atoms with Crippen molar-refractivity contribution in [3.63, 3.8) is 0 Å². The number of hydrogen-bond donors (Lipinski definition) is 3. The van der Waals surface area contributed by atoms with Crippen LogP contribution in [0.4, 0.5) is 5.69 Å². The predicted molar refractivity (Wildman–Crippen MR) is 137 cm³/mol. The van der Waals surface area contributed by atoms with E-state index in [9.17, 15) is 0 Å². The summed E-state index contributed by atoms with van der Waals surface area (Å²) in [4.78, 5) is 2.44. The largest absolute Gasteiger partial charge is 0.481 e. The summed E-state index contributed by atoms with van der Waals surface area (Å²) < 4.78 is 10.7. The van der Waals surface area contributed by atoms with E-state index in [2.05, 4.69) is 65.8 Å². The molecule has 0 saturated carbocycles. The lowest BCUT2D eigenvalue weighted by molar-refractivity contribution is 0.0342. The van der Waals surface area contributed by atoms with Gasteiger partial charge in [0.1, 0.15) is 0 Å². The summed E-state index contributed by atoms with van der Waals surface area (Å²) >= 11 is 0. The van der Waals surface area contributed by atoms with Gasteiger partial charge >= 0.3 is 0 Å². The van der Waals surface area contributed by atoms with Crippen molar-refractivity contribution in [2.75, 3.05) is 52.3 Å². The molecule has 6 nitrogen and oxygen atoms in total. The van der Waals surface area contributed by atoms with Crippen LogP contribution in [0.15, 0.2) is 47.7 Å². The molecule has 1 aliphatic heterocycles. The van der Waals surface area contributed by atoms with Gasteiger partial charge in [0.2, 0.25) is 5.90 Å². The molecule has 1 aliphatic rings. The zero-order valence-corrected chi connectivity index (χ0v) is 20.7. The van der Waals surface area contributed by atoms with Crippen molar-refractivity contribution in [2.24, 2.45) is 0 Å². The maximum atomic E-state index is 8.28. The van der Waals surface area contributed by atoms with E-state index >= 15 is 0 Å². The SMILES string of the molecule is CCNc1cc(-c2ccc(CN3CCOCC3)cc2)cc(C/C(C(=N)OC)=C(\C)NC)c1C. The zero-order valence-electron chi connectivity index (χ0n) is 20.7. The van der Waals surface area contributed by atoms with Crippen LogP contribution < -0.4 is 10.6 Å². The molecule has 33 heavy (non-hydrogen) atoms. The molecule has 3 rings (SSSR count). The molecule has 2 aromatic rings. The zero-order chi connectivity index (χ0) is 23.8. The fourth-order valence-electron chi connectivity index (χ4n) is 4.17. The maximum Gasteiger partial charge on any atom is 0.210 e. The molecule has 0 aliphatic carbocycles. The number of hydrogen-bond acceptors (Lipinski definition) is 6. The van der Waals surface area contributed by atoms with Crippen LogP contribution in [-0.4, -0.2) is 57.8 Å². The molecule has 0 atom stereocenters. The Hall–Kier alpha value is -2.83. The molecule has 1 heterocycles. The molecule has 6 heteroatoms. The fourth-order valence-corrected chi connectivity index (χ4v) is 4.17. The van der Waals surface area contributed by atoms with Crippen LogP contribution in [0, 0.1) is 12.3 Å². The van der Waals surface area contributed by atoms with Gasteiger partial charge in [-0.25, -0.2) is 0 Å². The van der Waals surface area contributed by atoms with Gasteiger partial charge in [-0.05, 0) is 54.7 Å². The van der Waals surface area contributed by atoms with Crippen molar-refractivity contribution in [1.29, 1.82) is 5.41 Å². The van der Waals surface area contributed by atoms with Crippen LogP contribution in [0.1, 0.15) is 30.5 Å². The molecule has 1 saturated heterocycles. The van der Waals surface area contributed by atoms with E-state index in [-0.39, 0.29) is 5.90 Å². The number of benzene rings is 2. The van der Waals surface area contributed by atoms with Gasteiger partial charge < -0.3 is 20.1 Å². The Balaban J connectivity index is 1.92. The molecule has 0 aromatic heterocycles. The number of ether oxygens (including phenoxy) is 2. The number of anilines is 1. The summed E-state index contributed by atoms with van der Waals surface area (Å²) in [6.45, 7) is 11.7. The van der Waals surface area contributed by atoms with E-state index in [0.717, 1.165) is 56.4 Å². The third-order valence-electron chi connectivity index (χ3n) is 6.35. The van der Waals surface area contributed by atoms with Crippen LogP contribution in [0.2, 0.25) is 0 Å². The number of nitrogens with zero attached hydrogens (tertiary/aromatic N) is 1. The fraction of sp³-hybridized carbons (Fsp3) is 0.444. The Morgan fingerprint density at radius 3 is 2.42 bits per heavy atom. The maximum absolute atomic E-state index is 8.28. The normalized spacial score (nSPS) is 15.1. The van der Waals surface area contributed by atoms with Gasteiger partial charge in [-0.3, -0.25) is 10.3 Å². The molecular weight excluding hydrogens is 412 g/mol. The van der Waals surface area contributed by atoms with Gasteiger partial charge in [0.15, 0.2) is 0 Å². The standard InChI is InChI=1S/C27H38N4O2/c1-6-30-26-17-24(15-23(19(26)2)16-25(20(3)29-4)27(28)32-5)22-9-7-21(8-10-22)18-31-11-13-33-14-12-31/h7-10,15,17,28-30H,6,11-14,16,18H2,1-5H3/b25-20-,28-27?. The van der Waals surface area contributed by atoms with Crippen LogP contribution in [0.25, 0.3) is 11.1 Å². The highest BCUT2D eigenvalue weighted by atomic mass is 16.5. The van der Waals surface area contributed by atoms with Crippen molar-refractivity contribution in [3.8, 4) is 11.1 Å². The van der Waals surface area contributed by atoms with Crippen LogP contribution >= 0.6 is 0 Å². The first kappa shape index (κ1) is 24.8. The Morgan fingerprint density at radius 1 is 1.12 bits per heavy atom. The van der Waals surface area contributed by atoms with E-state index in [4.69, 9.17) is 14.9 Å². The van der Waals surface area contributed by atoms with Gasteiger partial charge in [-0.2, -0.15) is 0 Å². The van der Waals surface area contributed by atoms with Gasteiger partial charge in [-0.1, -0.05) is 30.3 Å². The molecule has 3 N–H and O–H groups in total. The summed E-state index contributed by atoms with van der Waals surface area (Å²) in [5, 5.41) is 15.0. The first-order valence-electron chi connectivity index (χ1n) is 11.7. The summed E-state index contributed by atoms with van der Waals surface area (Å²) in [5.41, 5.74) is 9.03. The summed E-state index contributed by atoms with van der Waals surface area (Å²) in [5.74, 6) is 0.198. The third-order valence-corrected chi connectivity index (χ3v) is 6.35. The highest BCUT2D eigenvalue weighted by Gasteiger charge is 2.16. The van der Waals surface area contributed by atoms with Crippen molar-refractivity contribution < 1.29 is 9.47 Å². The molecule has 0 bridgehead atoms. The lowest BCUT2D eigenvalue weighted by atomic mass is 9.93. The smallest absolute Gasteiger partial charge is 0.210 e. The second-order valence-electron chi connectivity index (χ2n) is 8.49. The minimum absolute atomic E-state index is 0.198. The summed E-state index contributed by atoms with van der Waals surface area (Å²) in [6.07, 6.45) is 0.631. The minimum atomic E-state index is 0.198. The van der Waals surface area contributed by atoms with E-state index in [1.807, 2.05) is 14.0 Å². The first-order valence-corrected chi connectivity index (χ1v) is 11.7. The Labute approximate surface area is 198 Å². The number of morpholine rings is 1. The van der Waals surface area contributed by atoms with Crippen molar-refractivity contribution in [2.45, 2.75) is 33.7 Å². The van der Waals surface area contributed by atoms with Crippen molar-refractivity contribution >= 4 is 11.6 Å². The molecule has 0 amide bonds. The minimum Gasteiger partial charge on any atom is -0.481 e. The lowest BCUT2D eigenvalue weighted by Crippen LogP contribution is -2.35. The van der Waals surface area contributed by atoms with Gasteiger partial charge in [-0.15, -0.1) is 0 Å². The van der Waals surface area contributed by atoms with E-state index in [1.165, 1.54) is 27.8 Å². The monoisotopic (exact) mass is 450 g/mol. The third kappa shape index (κ3) is 6.36. The van der Waals surface area contributed by atoms with Gasteiger partial charge in [0, 0.05) is 56.6 Å². The summed E-state index contributed by atoms with van der Waals surface area (Å²) in [7, 11) is 3.43. The van der Waals surface area contributed by atoms with Crippen molar-refractivity contribution in [3.05, 3.63) is 64.4 Å². The molecule has 0 spiro atoms. The highest BCUT2D eigenvalue weighted by Crippen LogP contribution is 2.31. The quantitative estimate of drug-likeness (QED) is 0.385. The van der Waals surface area contributed by atoms with Crippen molar-refractivity contribution in [1.82, 2.24) is 10.2 Å². The van der Waals surface area contributed by atoms with E-state index in [0.29, 0.717) is 6.42 Å². The number of allylic oxidation sites excluding steroid dienone is 1. The molecule has 2 aromatic carbocycles.